The zero-order valence-electron chi connectivity index (χ0n) is 15.9. The lowest BCUT2D eigenvalue weighted by atomic mass is 10.1. The molecule has 0 saturated heterocycles. The summed E-state index contributed by atoms with van der Waals surface area (Å²) in [5.74, 6) is 0.989. The lowest BCUT2D eigenvalue weighted by Gasteiger charge is -2.09. The van der Waals surface area contributed by atoms with E-state index in [1.807, 2.05) is 0 Å². The van der Waals surface area contributed by atoms with Gasteiger partial charge in [0.15, 0.2) is 0 Å². The molecule has 2 nitrogen and oxygen atoms in total. The van der Waals surface area contributed by atoms with Gasteiger partial charge in [0.2, 0.25) is 0 Å². The van der Waals surface area contributed by atoms with Crippen LogP contribution in [-0.2, 0) is 13.1 Å². The van der Waals surface area contributed by atoms with Crippen LogP contribution in [0.25, 0.3) is 0 Å². The quantitative estimate of drug-likeness (QED) is 0.477. The molecule has 25 heavy (non-hydrogen) atoms. The summed E-state index contributed by atoms with van der Waals surface area (Å²) in [6.07, 6.45) is 7.79. The highest BCUT2D eigenvalue weighted by Gasteiger charge is 1.99. The van der Waals surface area contributed by atoms with Crippen molar-refractivity contribution in [3.05, 3.63) is 65.2 Å². The predicted molar refractivity (Wildman–Crippen MR) is 107 cm³/mol. The van der Waals surface area contributed by atoms with E-state index >= 15 is 0 Å². The highest BCUT2D eigenvalue weighted by Crippen LogP contribution is 2.14. The van der Waals surface area contributed by atoms with Crippen LogP contribution < -0.4 is 10.1 Å². The molecule has 0 unspecified atom stereocenters. The maximum atomic E-state index is 5.90. The average molecular weight is 340 g/mol. The largest absolute Gasteiger partial charge is 0.494 e. The molecule has 0 bridgehead atoms. The normalized spacial score (nSPS) is 10.8. The van der Waals surface area contributed by atoms with Crippen LogP contribution in [0, 0.1) is 6.92 Å². The van der Waals surface area contributed by atoms with Crippen LogP contribution in [0.1, 0.15) is 62.1 Å². The Balaban J connectivity index is 1.65. The third kappa shape index (κ3) is 8.22. The van der Waals surface area contributed by atoms with Crippen LogP contribution in [0.15, 0.2) is 48.5 Å². The summed E-state index contributed by atoms with van der Waals surface area (Å²) in [5.41, 5.74) is 3.90. The molecule has 0 radical (unpaired) electrons. The smallest absolute Gasteiger partial charge is 0.119 e. The predicted octanol–water partition coefficient (Wildman–Crippen LogP) is 6.02. The molecule has 0 aliphatic rings. The van der Waals surface area contributed by atoms with E-state index in [4.69, 9.17) is 4.74 Å². The van der Waals surface area contributed by atoms with Gasteiger partial charge in [0, 0.05) is 13.1 Å². The molecule has 0 saturated carbocycles. The molecule has 1 N–H and O–H groups in total. The summed E-state index contributed by atoms with van der Waals surface area (Å²) in [6.45, 7) is 6.96. The summed E-state index contributed by atoms with van der Waals surface area (Å²) < 4.78 is 5.90. The number of nitrogens with one attached hydrogen (secondary N) is 1. The lowest BCUT2D eigenvalue weighted by Crippen LogP contribution is -2.12. The van der Waals surface area contributed by atoms with Crippen LogP contribution in [0.5, 0.6) is 5.75 Å². The molecule has 2 aromatic rings. The zero-order valence-corrected chi connectivity index (χ0v) is 15.9. The Hall–Kier alpha value is -1.80. The van der Waals surface area contributed by atoms with Gasteiger partial charge in [-0.1, -0.05) is 81.0 Å². The fourth-order valence-electron chi connectivity index (χ4n) is 2.87. The molecule has 2 heteroatoms. The molecular weight excluding hydrogens is 306 g/mol. The Morgan fingerprint density at radius 3 is 2.32 bits per heavy atom. The van der Waals surface area contributed by atoms with Crippen molar-refractivity contribution in [2.45, 2.75) is 65.5 Å². The van der Waals surface area contributed by atoms with Crippen LogP contribution in [0.4, 0.5) is 0 Å². The van der Waals surface area contributed by atoms with Crippen LogP contribution >= 0.6 is 0 Å². The number of hydrogen-bond donors (Lipinski definition) is 1. The first kappa shape index (κ1) is 19.5. The summed E-state index contributed by atoms with van der Waals surface area (Å²) >= 11 is 0. The van der Waals surface area contributed by atoms with Crippen LogP contribution in [0.3, 0.4) is 0 Å². The average Bonchev–Trinajstić information content (AvgIpc) is 2.63. The maximum Gasteiger partial charge on any atom is 0.119 e. The molecule has 0 aromatic heterocycles. The highest BCUT2D eigenvalue weighted by molar-refractivity contribution is 5.28. The Kier molecular flexibility index (Phi) is 9.14. The minimum atomic E-state index is 0.826. The zero-order chi connectivity index (χ0) is 17.7. The third-order valence-corrected chi connectivity index (χ3v) is 4.44. The Morgan fingerprint density at radius 1 is 0.800 bits per heavy atom. The lowest BCUT2D eigenvalue weighted by molar-refractivity contribution is 0.304. The van der Waals surface area contributed by atoms with Gasteiger partial charge in [0.05, 0.1) is 6.61 Å². The monoisotopic (exact) mass is 339 g/mol. The number of unbranched alkanes of at least 4 members (excludes halogenated alkanes) is 5. The third-order valence-electron chi connectivity index (χ3n) is 4.44. The molecule has 2 rings (SSSR count). The molecule has 0 aliphatic heterocycles. The van der Waals surface area contributed by atoms with Crippen molar-refractivity contribution in [3.8, 4) is 5.75 Å². The van der Waals surface area contributed by atoms with Gasteiger partial charge in [-0.15, -0.1) is 0 Å². The summed E-state index contributed by atoms with van der Waals surface area (Å²) in [4.78, 5) is 0. The van der Waals surface area contributed by atoms with Crippen LogP contribution in [-0.4, -0.2) is 6.61 Å². The van der Waals surface area contributed by atoms with Crippen molar-refractivity contribution in [2.75, 3.05) is 6.61 Å². The molecule has 2 aromatic carbocycles. The van der Waals surface area contributed by atoms with Gasteiger partial charge >= 0.3 is 0 Å². The second-order valence-corrected chi connectivity index (χ2v) is 6.85. The van der Waals surface area contributed by atoms with Crippen LogP contribution in [0.2, 0.25) is 0 Å². The van der Waals surface area contributed by atoms with Crippen molar-refractivity contribution in [1.29, 1.82) is 0 Å². The fraction of sp³-hybridized carbons (Fsp3) is 0.478. The van der Waals surface area contributed by atoms with E-state index < -0.39 is 0 Å². The Morgan fingerprint density at radius 2 is 1.52 bits per heavy atom. The van der Waals surface area contributed by atoms with Crippen molar-refractivity contribution in [3.63, 3.8) is 0 Å². The van der Waals surface area contributed by atoms with Gasteiger partial charge < -0.3 is 10.1 Å². The molecule has 0 spiro atoms. The standard InChI is InChI=1S/C23H33NO/c1-3-4-5-6-7-8-16-25-23-11-9-10-22(17-23)19-24-18-21-14-12-20(2)13-15-21/h9-15,17,24H,3-8,16,18-19H2,1-2H3. The highest BCUT2D eigenvalue weighted by atomic mass is 16.5. The molecule has 0 heterocycles. The van der Waals surface area contributed by atoms with Crippen molar-refractivity contribution in [2.24, 2.45) is 0 Å². The number of ether oxygens (including phenoxy) is 1. The van der Waals surface area contributed by atoms with Crippen molar-refractivity contribution in [1.82, 2.24) is 5.32 Å². The molecule has 0 atom stereocenters. The van der Waals surface area contributed by atoms with Crippen molar-refractivity contribution < 1.29 is 4.74 Å². The topological polar surface area (TPSA) is 21.3 Å². The van der Waals surface area contributed by atoms with Crippen molar-refractivity contribution >= 4 is 0 Å². The fourth-order valence-corrected chi connectivity index (χ4v) is 2.87. The molecule has 0 aliphatic carbocycles. The van der Waals surface area contributed by atoms with E-state index in [2.05, 4.69) is 67.7 Å². The second kappa shape index (κ2) is 11.7. The van der Waals surface area contributed by atoms with Gasteiger partial charge in [-0.3, -0.25) is 0 Å². The molecule has 136 valence electrons. The number of hydrogen-bond acceptors (Lipinski definition) is 2. The van der Waals surface area contributed by atoms with Gasteiger partial charge in [-0.05, 0) is 36.6 Å². The number of benzene rings is 2. The SMILES string of the molecule is CCCCCCCCOc1cccc(CNCc2ccc(C)cc2)c1. The van der Waals surface area contributed by atoms with E-state index in [0.717, 1.165) is 31.9 Å². The van der Waals surface area contributed by atoms with Gasteiger partial charge in [-0.2, -0.15) is 0 Å². The van der Waals surface area contributed by atoms with E-state index in [0.29, 0.717) is 0 Å². The second-order valence-electron chi connectivity index (χ2n) is 6.85. The Labute approximate surface area is 153 Å². The van der Waals surface area contributed by atoms with E-state index in [9.17, 15) is 0 Å². The van der Waals surface area contributed by atoms with Gasteiger partial charge in [0.1, 0.15) is 5.75 Å². The minimum absolute atomic E-state index is 0.826. The maximum absolute atomic E-state index is 5.90. The first-order chi connectivity index (χ1) is 12.3. The van der Waals surface area contributed by atoms with Gasteiger partial charge in [-0.25, -0.2) is 0 Å². The van der Waals surface area contributed by atoms with E-state index in [1.165, 1.54) is 48.8 Å². The first-order valence-corrected chi connectivity index (χ1v) is 9.76. The summed E-state index contributed by atoms with van der Waals surface area (Å²) in [7, 11) is 0. The minimum Gasteiger partial charge on any atom is -0.494 e. The summed E-state index contributed by atoms with van der Waals surface area (Å²) in [6, 6.07) is 17.1. The number of rotatable bonds is 12. The number of aryl methyl sites for hydroxylation is 1. The molecular formula is C23H33NO. The van der Waals surface area contributed by atoms with E-state index in [1.54, 1.807) is 0 Å². The molecule has 0 amide bonds. The molecule has 0 fully saturated rings. The van der Waals surface area contributed by atoms with E-state index in [-0.39, 0.29) is 0 Å². The first-order valence-electron chi connectivity index (χ1n) is 9.76. The van der Waals surface area contributed by atoms with Gasteiger partial charge in [0.25, 0.3) is 0 Å². The Bertz CT molecular complexity index is 591. The summed E-state index contributed by atoms with van der Waals surface area (Å²) in [5, 5.41) is 3.51.